The number of amides is 1. The molecule has 1 aromatic heterocycles. The molecule has 10 heteroatoms. The van der Waals surface area contributed by atoms with Gasteiger partial charge in [0.25, 0.3) is 0 Å². The number of primary amides is 1. The molecule has 0 radical (unpaired) electrons. The molecular weight excluding hydrogens is 372 g/mol. The van der Waals surface area contributed by atoms with Crippen molar-refractivity contribution in [3.8, 4) is 0 Å². The number of pyridine rings is 1. The van der Waals surface area contributed by atoms with Crippen molar-refractivity contribution in [2.24, 2.45) is 11.7 Å². The lowest BCUT2D eigenvalue weighted by molar-refractivity contribution is -0.123. The highest BCUT2D eigenvalue weighted by Gasteiger charge is 2.54. The number of hydrogen-bond acceptors (Lipinski definition) is 7. The van der Waals surface area contributed by atoms with Crippen molar-refractivity contribution >= 4 is 27.5 Å². The number of hydrogen-bond donors (Lipinski definition) is 2. The van der Waals surface area contributed by atoms with E-state index in [0.717, 1.165) is 4.31 Å². The lowest BCUT2D eigenvalue weighted by Gasteiger charge is -2.26. The molecule has 1 aromatic rings. The third kappa shape index (κ3) is 4.23. The maximum atomic E-state index is 12.9. The standard InChI is InChI=1S/C17H22N4O5S/c18-15(24)6-3-5-13(22)12-8-20-16-14(23)9-21(17(12)16)27(25,26)10-11-4-1-2-7-19-11/h1-2,4,7,12,16-17,20H,3,5-6,8-10H2,(H2,18,24). The SMILES string of the molecule is NC(=O)CCCC(=O)C1CNC2C(=O)CN(S(=O)(=O)Cc3ccccn3)C12. The predicted molar refractivity (Wildman–Crippen MR) is 95.7 cm³/mol. The summed E-state index contributed by atoms with van der Waals surface area (Å²) in [4.78, 5) is 39.7. The average Bonchev–Trinajstić information content (AvgIpc) is 3.17. The summed E-state index contributed by atoms with van der Waals surface area (Å²) in [5.41, 5.74) is 5.47. The molecule has 27 heavy (non-hydrogen) atoms. The summed E-state index contributed by atoms with van der Waals surface area (Å²) in [6.45, 7) is -0.00531. The van der Waals surface area contributed by atoms with E-state index in [4.69, 9.17) is 5.73 Å². The second kappa shape index (κ2) is 7.83. The Morgan fingerprint density at radius 3 is 2.74 bits per heavy atom. The molecule has 146 valence electrons. The van der Waals surface area contributed by atoms with Crippen molar-refractivity contribution in [2.75, 3.05) is 13.1 Å². The van der Waals surface area contributed by atoms with E-state index in [1.165, 1.54) is 6.20 Å². The van der Waals surface area contributed by atoms with Crippen LogP contribution in [-0.2, 0) is 30.2 Å². The molecule has 2 aliphatic rings. The molecule has 1 amide bonds. The Morgan fingerprint density at radius 2 is 2.07 bits per heavy atom. The largest absolute Gasteiger partial charge is 0.370 e. The number of nitrogens with one attached hydrogen (secondary N) is 1. The summed E-state index contributed by atoms with van der Waals surface area (Å²) in [5, 5.41) is 2.98. The fraction of sp³-hybridized carbons (Fsp3) is 0.529. The highest BCUT2D eigenvalue weighted by atomic mass is 32.2. The van der Waals surface area contributed by atoms with Crippen LogP contribution in [0.3, 0.4) is 0 Å². The van der Waals surface area contributed by atoms with Crippen LogP contribution < -0.4 is 11.1 Å². The smallest absolute Gasteiger partial charge is 0.220 e. The summed E-state index contributed by atoms with van der Waals surface area (Å²) in [7, 11) is -3.82. The van der Waals surface area contributed by atoms with Gasteiger partial charge >= 0.3 is 0 Å². The van der Waals surface area contributed by atoms with Crippen LogP contribution in [0.5, 0.6) is 0 Å². The van der Waals surface area contributed by atoms with Gasteiger partial charge in [-0.1, -0.05) is 6.07 Å². The summed E-state index contributed by atoms with van der Waals surface area (Å²) >= 11 is 0. The zero-order valence-corrected chi connectivity index (χ0v) is 15.5. The number of nitrogens with zero attached hydrogens (tertiary/aromatic N) is 2. The number of carbonyl (C=O) groups excluding carboxylic acids is 3. The van der Waals surface area contributed by atoms with Crippen LogP contribution in [0.4, 0.5) is 0 Å². The molecule has 2 fully saturated rings. The number of nitrogens with two attached hydrogens (primary N) is 1. The molecule has 9 nitrogen and oxygen atoms in total. The van der Waals surface area contributed by atoms with E-state index < -0.39 is 33.9 Å². The van der Waals surface area contributed by atoms with Crippen molar-refractivity contribution in [2.45, 2.75) is 37.1 Å². The van der Waals surface area contributed by atoms with Crippen LogP contribution in [0.2, 0.25) is 0 Å². The fourth-order valence-corrected chi connectivity index (χ4v) is 5.39. The average molecular weight is 394 g/mol. The molecule has 3 rings (SSSR count). The van der Waals surface area contributed by atoms with Gasteiger partial charge in [0.2, 0.25) is 15.9 Å². The Balaban J connectivity index is 1.76. The zero-order valence-electron chi connectivity index (χ0n) is 14.7. The van der Waals surface area contributed by atoms with Gasteiger partial charge in [0, 0.05) is 31.5 Å². The number of sulfonamides is 1. The highest BCUT2D eigenvalue weighted by Crippen LogP contribution is 2.32. The number of carbonyl (C=O) groups is 3. The van der Waals surface area contributed by atoms with Gasteiger partial charge in [0.05, 0.1) is 24.3 Å². The normalized spacial score (nSPS) is 25.5. The maximum absolute atomic E-state index is 12.9. The van der Waals surface area contributed by atoms with Gasteiger partial charge < -0.3 is 11.1 Å². The first-order valence-electron chi connectivity index (χ1n) is 8.76. The molecule has 0 aromatic carbocycles. The molecule has 0 saturated carbocycles. The van der Waals surface area contributed by atoms with Crippen molar-refractivity contribution in [3.05, 3.63) is 30.1 Å². The number of Topliss-reactive ketones (excluding diaryl/α,β-unsaturated/α-hetero) is 2. The molecule has 2 aliphatic heterocycles. The molecular formula is C17H22N4O5S. The van der Waals surface area contributed by atoms with E-state index in [-0.39, 0.29) is 43.3 Å². The summed E-state index contributed by atoms with van der Waals surface area (Å²) < 4.78 is 26.9. The van der Waals surface area contributed by atoms with Crippen LogP contribution in [0.25, 0.3) is 0 Å². The van der Waals surface area contributed by atoms with Gasteiger partial charge in [-0.25, -0.2) is 8.42 Å². The Morgan fingerprint density at radius 1 is 1.30 bits per heavy atom. The minimum atomic E-state index is -3.82. The molecule has 0 aliphatic carbocycles. The molecule has 3 N–H and O–H groups in total. The fourth-order valence-electron chi connectivity index (χ4n) is 3.72. The van der Waals surface area contributed by atoms with Crippen molar-refractivity contribution in [3.63, 3.8) is 0 Å². The molecule has 2 saturated heterocycles. The Labute approximate surface area is 157 Å². The third-order valence-electron chi connectivity index (χ3n) is 4.98. The summed E-state index contributed by atoms with van der Waals surface area (Å²) in [6, 6.07) is 3.58. The molecule has 3 unspecified atom stereocenters. The Bertz CT molecular complexity index is 842. The number of fused-ring (bicyclic) bond motifs is 1. The maximum Gasteiger partial charge on any atom is 0.220 e. The van der Waals surface area contributed by atoms with E-state index in [1.807, 2.05) is 0 Å². The van der Waals surface area contributed by atoms with Gasteiger partial charge in [-0.15, -0.1) is 0 Å². The van der Waals surface area contributed by atoms with Crippen molar-refractivity contribution in [1.82, 2.24) is 14.6 Å². The number of rotatable bonds is 8. The molecule has 0 bridgehead atoms. The topological polar surface area (TPSA) is 140 Å². The van der Waals surface area contributed by atoms with E-state index in [1.54, 1.807) is 18.2 Å². The summed E-state index contributed by atoms with van der Waals surface area (Å²) in [6.07, 6.45) is 2.04. The van der Waals surface area contributed by atoms with Crippen LogP contribution in [0, 0.1) is 5.92 Å². The molecule has 0 spiro atoms. The lowest BCUT2D eigenvalue weighted by atomic mass is 9.92. The van der Waals surface area contributed by atoms with Gasteiger partial charge in [0.1, 0.15) is 11.5 Å². The molecule has 3 atom stereocenters. The first-order valence-corrected chi connectivity index (χ1v) is 10.4. The lowest BCUT2D eigenvalue weighted by Crippen LogP contribution is -2.45. The zero-order chi connectivity index (χ0) is 19.6. The minimum Gasteiger partial charge on any atom is -0.370 e. The Kier molecular flexibility index (Phi) is 5.68. The van der Waals surface area contributed by atoms with Gasteiger partial charge in [0.15, 0.2) is 5.78 Å². The van der Waals surface area contributed by atoms with Gasteiger partial charge in [-0.3, -0.25) is 19.4 Å². The summed E-state index contributed by atoms with van der Waals surface area (Å²) in [5.74, 6) is -1.83. The first-order chi connectivity index (χ1) is 12.8. The number of aromatic nitrogens is 1. The van der Waals surface area contributed by atoms with Crippen LogP contribution in [0.1, 0.15) is 25.0 Å². The predicted octanol–water partition coefficient (Wildman–Crippen LogP) is -1.02. The van der Waals surface area contributed by atoms with E-state index in [9.17, 15) is 22.8 Å². The Hall–Kier alpha value is -2.17. The molecule has 3 heterocycles. The highest BCUT2D eigenvalue weighted by molar-refractivity contribution is 7.88. The van der Waals surface area contributed by atoms with E-state index >= 15 is 0 Å². The van der Waals surface area contributed by atoms with Gasteiger partial charge in [-0.2, -0.15) is 4.31 Å². The first kappa shape index (κ1) is 19.6. The van der Waals surface area contributed by atoms with Crippen LogP contribution >= 0.6 is 0 Å². The van der Waals surface area contributed by atoms with Crippen LogP contribution in [-0.4, -0.2) is 60.4 Å². The monoisotopic (exact) mass is 394 g/mol. The van der Waals surface area contributed by atoms with E-state index in [2.05, 4.69) is 10.3 Å². The second-order valence-electron chi connectivity index (χ2n) is 6.86. The second-order valence-corrected chi connectivity index (χ2v) is 8.78. The quantitative estimate of drug-likeness (QED) is 0.575. The minimum absolute atomic E-state index is 0.0978. The van der Waals surface area contributed by atoms with Crippen LogP contribution in [0.15, 0.2) is 24.4 Å². The van der Waals surface area contributed by atoms with E-state index in [0.29, 0.717) is 12.1 Å². The van der Waals surface area contributed by atoms with Crippen molar-refractivity contribution in [1.29, 1.82) is 0 Å². The van der Waals surface area contributed by atoms with Crippen molar-refractivity contribution < 1.29 is 22.8 Å². The van der Waals surface area contributed by atoms with Gasteiger partial charge in [-0.05, 0) is 18.6 Å². The number of ketones is 2. The third-order valence-corrected chi connectivity index (χ3v) is 6.72.